The number of ether oxygens (including phenoxy) is 1. The number of amides is 1. The van der Waals surface area contributed by atoms with Crippen LogP contribution in [0.25, 0.3) is 10.8 Å². The molecule has 43 heavy (non-hydrogen) atoms. The topological polar surface area (TPSA) is 66.9 Å². The van der Waals surface area contributed by atoms with Crippen LogP contribution in [0, 0.1) is 0 Å². The fraction of sp³-hybridized carbons (Fsp3) is 0.171. The van der Waals surface area contributed by atoms with Crippen molar-refractivity contribution in [2.24, 2.45) is 0 Å². The number of carbonyl (C=O) groups excluding carboxylic acids is 1. The van der Waals surface area contributed by atoms with Crippen LogP contribution >= 0.6 is 11.6 Å². The number of anilines is 1. The second-order valence-corrected chi connectivity index (χ2v) is 12.8. The molecule has 1 fully saturated rings. The van der Waals surface area contributed by atoms with Crippen molar-refractivity contribution in [2.75, 3.05) is 18.0 Å². The zero-order chi connectivity index (χ0) is 30.0. The SMILES string of the molecule is COc1ccccc1N(Cc1ccccc1)S(=O)(=O)c1cc(C(=O)N2CCCC2c2cccc3ccccc23)ccc1Cl. The van der Waals surface area contributed by atoms with Gasteiger partial charge in [0.25, 0.3) is 15.9 Å². The Morgan fingerprint density at radius 3 is 2.44 bits per heavy atom. The Labute approximate surface area is 257 Å². The summed E-state index contributed by atoms with van der Waals surface area (Å²) in [5, 5.41) is 2.27. The average Bonchev–Trinajstić information content (AvgIpc) is 3.53. The molecule has 0 N–H and O–H groups in total. The lowest BCUT2D eigenvalue weighted by Crippen LogP contribution is -2.32. The van der Waals surface area contributed by atoms with E-state index >= 15 is 0 Å². The van der Waals surface area contributed by atoms with Gasteiger partial charge in [-0.3, -0.25) is 9.10 Å². The molecule has 8 heteroatoms. The third-order valence-electron chi connectivity index (χ3n) is 7.97. The predicted molar refractivity (Wildman–Crippen MR) is 171 cm³/mol. The molecule has 1 amide bonds. The molecular weight excluding hydrogens is 580 g/mol. The molecule has 0 radical (unpaired) electrons. The third kappa shape index (κ3) is 5.58. The summed E-state index contributed by atoms with van der Waals surface area (Å²) in [6.07, 6.45) is 1.69. The van der Waals surface area contributed by atoms with E-state index in [-0.39, 0.29) is 34.0 Å². The summed E-state index contributed by atoms with van der Waals surface area (Å²) in [4.78, 5) is 15.8. The molecule has 218 valence electrons. The minimum atomic E-state index is -4.24. The molecule has 1 heterocycles. The fourth-order valence-corrected chi connectivity index (χ4v) is 7.84. The third-order valence-corrected chi connectivity index (χ3v) is 10.2. The number of halogens is 1. The quantitative estimate of drug-likeness (QED) is 0.179. The summed E-state index contributed by atoms with van der Waals surface area (Å²) in [6.45, 7) is 0.631. The van der Waals surface area contributed by atoms with Crippen LogP contribution in [-0.4, -0.2) is 32.9 Å². The maximum atomic E-state index is 14.4. The molecule has 0 bridgehead atoms. The maximum Gasteiger partial charge on any atom is 0.266 e. The molecule has 0 aliphatic carbocycles. The summed E-state index contributed by atoms with van der Waals surface area (Å²) >= 11 is 6.58. The van der Waals surface area contributed by atoms with E-state index < -0.39 is 10.0 Å². The van der Waals surface area contributed by atoms with Crippen LogP contribution in [0.4, 0.5) is 5.69 Å². The van der Waals surface area contributed by atoms with Crippen LogP contribution in [0.15, 0.2) is 120 Å². The minimum Gasteiger partial charge on any atom is -0.495 e. The molecule has 1 aliphatic heterocycles. The van der Waals surface area contributed by atoms with Crippen LogP contribution < -0.4 is 9.04 Å². The highest BCUT2D eigenvalue weighted by atomic mass is 35.5. The molecule has 0 saturated carbocycles. The van der Waals surface area contributed by atoms with Gasteiger partial charge >= 0.3 is 0 Å². The van der Waals surface area contributed by atoms with Crippen molar-refractivity contribution in [3.63, 3.8) is 0 Å². The Hall–Kier alpha value is -4.33. The van der Waals surface area contributed by atoms with Crippen molar-refractivity contribution in [1.82, 2.24) is 4.90 Å². The number of rotatable bonds is 8. The summed E-state index contributed by atoms with van der Waals surface area (Å²) in [6, 6.07) is 35.0. The van der Waals surface area contributed by atoms with Gasteiger partial charge in [0.05, 0.1) is 30.4 Å². The molecule has 1 atom stereocenters. The van der Waals surface area contributed by atoms with Gasteiger partial charge in [-0.2, -0.15) is 0 Å². The first-order valence-corrected chi connectivity index (χ1v) is 16.0. The van der Waals surface area contributed by atoms with Crippen LogP contribution in [-0.2, 0) is 16.6 Å². The summed E-state index contributed by atoms with van der Waals surface area (Å²) in [7, 11) is -2.74. The number of hydrogen-bond donors (Lipinski definition) is 0. The van der Waals surface area contributed by atoms with Crippen molar-refractivity contribution >= 4 is 44.0 Å². The first-order chi connectivity index (χ1) is 20.9. The summed E-state index contributed by atoms with van der Waals surface area (Å²) in [5.41, 5.74) is 2.53. The Morgan fingerprint density at radius 1 is 0.907 bits per heavy atom. The highest BCUT2D eigenvalue weighted by Crippen LogP contribution is 2.39. The van der Waals surface area contributed by atoms with Gasteiger partial charge in [0, 0.05) is 12.1 Å². The molecule has 1 aliphatic rings. The lowest BCUT2D eigenvalue weighted by Gasteiger charge is -2.28. The van der Waals surface area contributed by atoms with Gasteiger partial charge in [-0.1, -0.05) is 96.5 Å². The van der Waals surface area contributed by atoms with Gasteiger partial charge in [-0.15, -0.1) is 0 Å². The Kier molecular flexibility index (Phi) is 8.10. The van der Waals surface area contributed by atoms with Crippen molar-refractivity contribution in [1.29, 1.82) is 0 Å². The van der Waals surface area contributed by atoms with Crippen LogP contribution in [0.5, 0.6) is 5.75 Å². The lowest BCUT2D eigenvalue weighted by molar-refractivity contribution is 0.0736. The number of nitrogens with zero attached hydrogens (tertiary/aromatic N) is 2. The number of para-hydroxylation sites is 2. The number of hydrogen-bond acceptors (Lipinski definition) is 4. The van der Waals surface area contributed by atoms with E-state index in [1.54, 1.807) is 30.3 Å². The van der Waals surface area contributed by atoms with Crippen LogP contribution in [0.1, 0.15) is 40.4 Å². The van der Waals surface area contributed by atoms with E-state index in [9.17, 15) is 13.2 Å². The van der Waals surface area contributed by atoms with E-state index in [0.29, 0.717) is 18.0 Å². The lowest BCUT2D eigenvalue weighted by atomic mass is 9.97. The molecule has 1 saturated heterocycles. The highest BCUT2D eigenvalue weighted by Gasteiger charge is 2.34. The van der Waals surface area contributed by atoms with Crippen molar-refractivity contribution in [3.05, 3.63) is 137 Å². The van der Waals surface area contributed by atoms with Gasteiger partial charge < -0.3 is 9.64 Å². The Bertz CT molecular complexity index is 1890. The van der Waals surface area contributed by atoms with Crippen molar-refractivity contribution in [2.45, 2.75) is 30.3 Å². The summed E-state index contributed by atoms with van der Waals surface area (Å²) in [5.74, 6) is 0.177. The van der Waals surface area contributed by atoms with E-state index in [0.717, 1.165) is 34.7 Å². The normalized spacial score (nSPS) is 15.0. The smallest absolute Gasteiger partial charge is 0.266 e. The maximum absolute atomic E-state index is 14.4. The molecule has 6 nitrogen and oxygen atoms in total. The molecular formula is C35H31ClN2O4S. The number of carbonyl (C=O) groups is 1. The van der Waals surface area contributed by atoms with E-state index in [2.05, 4.69) is 24.3 Å². The minimum absolute atomic E-state index is 0.0385. The molecule has 0 aromatic heterocycles. The van der Waals surface area contributed by atoms with Gasteiger partial charge in [0.2, 0.25) is 0 Å². The zero-order valence-corrected chi connectivity index (χ0v) is 25.3. The van der Waals surface area contributed by atoms with Gasteiger partial charge in [-0.25, -0.2) is 8.42 Å². The zero-order valence-electron chi connectivity index (χ0n) is 23.7. The number of fused-ring (bicyclic) bond motifs is 1. The van der Waals surface area contributed by atoms with E-state index in [1.807, 2.05) is 53.4 Å². The molecule has 0 spiro atoms. The fourth-order valence-electron chi connectivity index (χ4n) is 5.88. The number of benzene rings is 5. The van der Waals surface area contributed by atoms with Crippen molar-refractivity contribution < 1.29 is 17.9 Å². The van der Waals surface area contributed by atoms with E-state index in [1.165, 1.54) is 23.5 Å². The number of methoxy groups -OCH3 is 1. The first kappa shape index (κ1) is 28.8. The first-order valence-electron chi connectivity index (χ1n) is 14.2. The second kappa shape index (κ2) is 12.1. The monoisotopic (exact) mass is 610 g/mol. The Balaban J connectivity index is 1.39. The van der Waals surface area contributed by atoms with Gasteiger partial charge in [-0.05, 0) is 65.1 Å². The standard InChI is InChI=1S/C35H31ClN2O4S/c1-42-33-19-8-7-17-32(33)38(24-25-11-3-2-4-12-25)43(40,41)34-23-27(20-21-30(34)36)35(39)37-22-10-18-31(37)29-16-9-14-26-13-5-6-15-28(26)29/h2-9,11-17,19-21,23,31H,10,18,22,24H2,1H3. The van der Waals surface area contributed by atoms with E-state index in [4.69, 9.17) is 16.3 Å². The molecule has 5 aromatic carbocycles. The average molecular weight is 611 g/mol. The van der Waals surface area contributed by atoms with Crippen LogP contribution in [0.2, 0.25) is 5.02 Å². The van der Waals surface area contributed by atoms with Gasteiger partial charge in [0.1, 0.15) is 10.6 Å². The second-order valence-electron chi connectivity index (χ2n) is 10.5. The largest absolute Gasteiger partial charge is 0.495 e. The number of likely N-dealkylation sites (tertiary alicyclic amines) is 1. The van der Waals surface area contributed by atoms with Crippen LogP contribution in [0.3, 0.4) is 0 Å². The molecule has 1 unspecified atom stereocenters. The van der Waals surface area contributed by atoms with Gasteiger partial charge in [0.15, 0.2) is 0 Å². The van der Waals surface area contributed by atoms with Crippen molar-refractivity contribution in [3.8, 4) is 5.75 Å². The Morgan fingerprint density at radius 2 is 1.63 bits per heavy atom. The molecule has 6 rings (SSSR count). The predicted octanol–water partition coefficient (Wildman–Crippen LogP) is 7.87. The summed E-state index contributed by atoms with van der Waals surface area (Å²) < 4.78 is 35.7. The molecule has 5 aromatic rings. The number of sulfonamides is 1. The highest BCUT2D eigenvalue weighted by molar-refractivity contribution is 7.93.